The first-order chi connectivity index (χ1) is 7.86. The van der Waals surface area contributed by atoms with Gasteiger partial charge in [0, 0.05) is 23.2 Å². The molecule has 1 aromatic carbocycles. The van der Waals surface area contributed by atoms with Crippen LogP contribution in [-0.4, -0.2) is 6.04 Å². The Balaban J connectivity index is 1.71. The van der Waals surface area contributed by atoms with Gasteiger partial charge in [-0.05, 0) is 37.0 Å². The number of hydrogen-bond acceptors (Lipinski definition) is 1. The van der Waals surface area contributed by atoms with E-state index in [1.54, 1.807) is 0 Å². The zero-order chi connectivity index (χ0) is 11.0. The van der Waals surface area contributed by atoms with E-state index in [2.05, 4.69) is 29.5 Å². The highest BCUT2D eigenvalue weighted by Crippen LogP contribution is 2.44. The largest absolute Gasteiger partial charge is 0.382 e. The van der Waals surface area contributed by atoms with Crippen molar-refractivity contribution in [2.24, 2.45) is 11.8 Å². The fourth-order valence-corrected chi connectivity index (χ4v) is 2.80. The molecular formula is C15H15N. The zero-order valence-electron chi connectivity index (χ0n) is 9.19. The third-order valence-corrected chi connectivity index (χ3v) is 3.74. The first-order valence-corrected chi connectivity index (χ1v) is 5.87. The lowest BCUT2D eigenvalue weighted by molar-refractivity contribution is 0.218. The predicted octanol–water partition coefficient (Wildman–Crippen LogP) is 3.04. The van der Waals surface area contributed by atoms with Gasteiger partial charge in [0.2, 0.25) is 0 Å². The first kappa shape index (κ1) is 9.54. The number of hydrogen-bond donors (Lipinski definition) is 1. The third kappa shape index (κ3) is 1.51. The Morgan fingerprint density at radius 2 is 2.31 bits per heavy atom. The van der Waals surface area contributed by atoms with Crippen molar-refractivity contribution in [3.8, 4) is 12.3 Å². The van der Waals surface area contributed by atoms with Crippen molar-refractivity contribution in [3.63, 3.8) is 0 Å². The summed E-state index contributed by atoms with van der Waals surface area (Å²) in [5, 5.41) is 3.58. The van der Waals surface area contributed by atoms with Crippen molar-refractivity contribution in [3.05, 3.63) is 42.0 Å². The molecule has 2 aliphatic carbocycles. The molecule has 1 N–H and O–H groups in total. The maximum atomic E-state index is 5.39. The van der Waals surface area contributed by atoms with Gasteiger partial charge in [0.15, 0.2) is 0 Å². The molecule has 1 aromatic rings. The van der Waals surface area contributed by atoms with Crippen molar-refractivity contribution < 1.29 is 0 Å². The number of allylic oxidation sites excluding steroid dienone is 1. The Kier molecular flexibility index (Phi) is 2.22. The molecule has 0 spiro atoms. The van der Waals surface area contributed by atoms with Crippen LogP contribution in [0.2, 0.25) is 0 Å². The highest BCUT2D eigenvalue weighted by atomic mass is 14.9. The Labute approximate surface area is 96.6 Å². The van der Waals surface area contributed by atoms with Crippen LogP contribution >= 0.6 is 0 Å². The summed E-state index contributed by atoms with van der Waals surface area (Å²) in [6.45, 7) is 0. The van der Waals surface area contributed by atoms with Gasteiger partial charge in [-0.3, -0.25) is 0 Å². The van der Waals surface area contributed by atoms with Crippen LogP contribution in [0.4, 0.5) is 5.69 Å². The predicted molar refractivity (Wildman–Crippen MR) is 67.1 cm³/mol. The van der Waals surface area contributed by atoms with Crippen LogP contribution in [0.1, 0.15) is 18.4 Å². The van der Waals surface area contributed by atoms with Gasteiger partial charge in [-0.15, -0.1) is 6.42 Å². The molecule has 0 bridgehead atoms. The van der Waals surface area contributed by atoms with Crippen molar-refractivity contribution in [2.45, 2.75) is 18.9 Å². The lowest BCUT2D eigenvalue weighted by atomic mass is 9.71. The Hall–Kier alpha value is -1.68. The van der Waals surface area contributed by atoms with Crippen LogP contribution in [-0.2, 0) is 0 Å². The summed E-state index contributed by atoms with van der Waals surface area (Å²) in [7, 11) is 0. The molecule has 80 valence electrons. The maximum Gasteiger partial charge on any atom is 0.0355 e. The summed E-state index contributed by atoms with van der Waals surface area (Å²) in [6.07, 6.45) is 12.6. The molecule has 3 atom stereocenters. The second-order valence-electron chi connectivity index (χ2n) is 4.71. The van der Waals surface area contributed by atoms with Gasteiger partial charge in [0.05, 0.1) is 0 Å². The summed E-state index contributed by atoms with van der Waals surface area (Å²) in [4.78, 5) is 0. The second-order valence-corrected chi connectivity index (χ2v) is 4.71. The van der Waals surface area contributed by atoms with Gasteiger partial charge in [0.1, 0.15) is 0 Å². The monoisotopic (exact) mass is 209 g/mol. The Morgan fingerprint density at radius 1 is 1.38 bits per heavy atom. The van der Waals surface area contributed by atoms with Gasteiger partial charge in [0.25, 0.3) is 0 Å². The van der Waals surface area contributed by atoms with E-state index in [4.69, 9.17) is 6.42 Å². The zero-order valence-corrected chi connectivity index (χ0v) is 9.19. The van der Waals surface area contributed by atoms with E-state index in [0.29, 0.717) is 6.04 Å². The van der Waals surface area contributed by atoms with Crippen LogP contribution in [0.5, 0.6) is 0 Å². The molecule has 0 radical (unpaired) electrons. The van der Waals surface area contributed by atoms with E-state index in [0.717, 1.165) is 23.1 Å². The molecule has 16 heavy (non-hydrogen) atoms. The van der Waals surface area contributed by atoms with Gasteiger partial charge in [-0.1, -0.05) is 24.1 Å². The maximum absolute atomic E-state index is 5.39. The molecule has 0 heterocycles. The molecule has 0 aromatic heterocycles. The quantitative estimate of drug-likeness (QED) is 0.583. The number of rotatable bonds is 2. The van der Waals surface area contributed by atoms with E-state index in [-0.39, 0.29) is 0 Å². The minimum atomic E-state index is 0.608. The number of fused-ring (bicyclic) bond motifs is 1. The third-order valence-electron chi connectivity index (χ3n) is 3.74. The average molecular weight is 209 g/mol. The summed E-state index contributed by atoms with van der Waals surface area (Å²) in [6, 6.07) is 8.72. The minimum absolute atomic E-state index is 0.608. The van der Waals surface area contributed by atoms with Crippen LogP contribution in [0.3, 0.4) is 0 Å². The molecule has 3 unspecified atom stereocenters. The molecule has 0 aliphatic heterocycles. The summed E-state index contributed by atoms with van der Waals surface area (Å²) in [5.74, 6) is 4.31. The molecule has 3 rings (SSSR count). The van der Waals surface area contributed by atoms with Crippen molar-refractivity contribution >= 4 is 5.69 Å². The van der Waals surface area contributed by atoms with Gasteiger partial charge < -0.3 is 5.32 Å². The minimum Gasteiger partial charge on any atom is -0.382 e. The van der Waals surface area contributed by atoms with Gasteiger partial charge in [-0.25, -0.2) is 0 Å². The second kappa shape index (κ2) is 3.72. The first-order valence-electron chi connectivity index (χ1n) is 5.87. The van der Waals surface area contributed by atoms with Crippen molar-refractivity contribution in [2.75, 3.05) is 5.32 Å². The lowest BCUT2D eigenvalue weighted by Crippen LogP contribution is -2.43. The summed E-state index contributed by atoms with van der Waals surface area (Å²) in [5.41, 5.74) is 2.10. The number of nitrogens with one attached hydrogen (secondary N) is 1. The molecular weight excluding hydrogens is 194 g/mol. The normalized spacial score (nSPS) is 30.3. The molecule has 0 amide bonds. The van der Waals surface area contributed by atoms with Gasteiger partial charge in [-0.2, -0.15) is 0 Å². The average Bonchev–Trinajstić information content (AvgIpc) is 2.68. The van der Waals surface area contributed by atoms with E-state index in [1.165, 1.54) is 12.8 Å². The standard InChI is InChI=1S/C15H15N/c1-2-11-5-3-7-13(9-11)16-15-10-12-6-4-8-14(12)15/h1,3-5,7-9,12,14-16H,6,10H2. The van der Waals surface area contributed by atoms with E-state index in [9.17, 15) is 0 Å². The van der Waals surface area contributed by atoms with Crippen LogP contribution in [0, 0.1) is 24.2 Å². The van der Waals surface area contributed by atoms with E-state index >= 15 is 0 Å². The number of anilines is 1. The lowest BCUT2D eigenvalue weighted by Gasteiger charge is -2.41. The number of benzene rings is 1. The fourth-order valence-electron chi connectivity index (χ4n) is 2.80. The summed E-state index contributed by atoms with van der Waals surface area (Å²) < 4.78 is 0. The van der Waals surface area contributed by atoms with Crippen molar-refractivity contribution in [1.29, 1.82) is 0 Å². The smallest absolute Gasteiger partial charge is 0.0355 e. The van der Waals surface area contributed by atoms with Crippen LogP contribution in [0.15, 0.2) is 36.4 Å². The molecule has 2 aliphatic rings. The van der Waals surface area contributed by atoms with Crippen molar-refractivity contribution in [1.82, 2.24) is 0 Å². The molecule has 1 nitrogen and oxygen atoms in total. The molecule has 1 saturated carbocycles. The summed E-state index contributed by atoms with van der Waals surface area (Å²) >= 11 is 0. The Bertz CT molecular complexity index is 467. The van der Waals surface area contributed by atoms with E-state index in [1.807, 2.05) is 18.2 Å². The molecule has 0 saturated heterocycles. The molecule has 1 heteroatoms. The van der Waals surface area contributed by atoms with Crippen LogP contribution < -0.4 is 5.32 Å². The SMILES string of the molecule is C#Cc1cccc(NC2CC3CC=CC32)c1. The van der Waals surface area contributed by atoms with Crippen LogP contribution in [0.25, 0.3) is 0 Å². The van der Waals surface area contributed by atoms with Gasteiger partial charge >= 0.3 is 0 Å². The topological polar surface area (TPSA) is 12.0 Å². The number of terminal acetylenes is 1. The molecule has 1 fully saturated rings. The highest BCUT2D eigenvalue weighted by Gasteiger charge is 2.40. The fraction of sp³-hybridized carbons (Fsp3) is 0.333. The Morgan fingerprint density at radius 3 is 3.12 bits per heavy atom. The van der Waals surface area contributed by atoms with E-state index < -0.39 is 0 Å². The highest BCUT2D eigenvalue weighted by molar-refractivity contribution is 5.51.